The summed E-state index contributed by atoms with van der Waals surface area (Å²) in [4.78, 5) is 5.91. The molecule has 0 saturated heterocycles. The van der Waals surface area contributed by atoms with Gasteiger partial charge in [0.05, 0.1) is 12.3 Å². The Bertz CT molecular complexity index is 529. The van der Waals surface area contributed by atoms with Gasteiger partial charge in [-0.3, -0.25) is 0 Å². The molecular weight excluding hydrogens is 245 g/mol. The summed E-state index contributed by atoms with van der Waals surface area (Å²) < 4.78 is 37.1. The zero-order chi connectivity index (χ0) is 13.3. The molecule has 6 heteroatoms. The first kappa shape index (κ1) is 12.6. The van der Waals surface area contributed by atoms with Gasteiger partial charge in [-0.05, 0) is 12.5 Å². The molecule has 0 bridgehead atoms. The fourth-order valence-electron chi connectivity index (χ4n) is 1.53. The van der Waals surface area contributed by atoms with E-state index in [2.05, 4.69) is 9.97 Å². The van der Waals surface area contributed by atoms with Crippen molar-refractivity contribution in [1.82, 2.24) is 9.97 Å². The minimum Gasteiger partial charge on any atom is -0.389 e. The summed E-state index contributed by atoms with van der Waals surface area (Å²) in [6, 6.07) is 6.52. The van der Waals surface area contributed by atoms with Gasteiger partial charge in [0.2, 0.25) is 0 Å². The second-order valence-electron chi connectivity index (χ2n) is 3.94. The number of aliphatic hydroxyl groups excluding tert-OH is 1. The second-order valence-corrected chi connectivity index (χ2v) is 3.94. The maximum absolute atomic E-state index is 12.4. The van der Waals surface area contributed by atoms with Crippen LogP contribution in [0.3, 0.4) is 0 Å². The Labute approximate surface area is 101 Å². The Morgan fingerprint density at radius 2 is 1.83 bits per heavy atom. The molecule has 0 amide bonds. The van der Waals surface area contributed by atoms with E-state index in [-0.39, 0.29) is 5.82 Å². The van der Waals surface area contributed by atoms with Crippen molar-refractivity contribution in [2.24, 2.45) is 0 Å². The lowest BCUT2D eigenvalue weighted by Crippen LogP contribution is -2.04. The number of alkyl halides is 3. The highest BCUT2D eigenvalue weighted by molar-refractivity contribution is 5.55. The van der Waals surface area contributed by atoms with Gasteiger partial charge >= 0.3 is 6.18 Å². The Hall–Kier alpha value is -1.82. The first-order valence-electron chi connectivity index (χ1n) is 5.28. The average Bonchev–Trinajstić information content (AvgIpc) is 2.78. The lowest BCUT2D eigenvalue weighted by molar-refractivity contribution is -0.140. The molecular formula is C12H11F3N2O. The van der Waals surface area contributed by atoms with Gasteiger partial charge in [-0.15, -0.1) is 0 Å². The second kappa shape index (κ2) is 4.45. The zero-order valence-electron chi connectivity index (χ0n) is 9.49. The summed E-state index contributed by atoms with van der Waals surface area (Å²) >= 11 is 0. The number of hydrogen-bond donors (Lipinski definition) is 2. The number of imidazole rings is 1. The van der Waals surface area contributed by atoms with Crippen molar-refractivity contribution in [3.8, 4) is 11.4 Å². The zero-order valence-corrected chi connectivity index (χ0v) is 9.49. The predicted molar refractivity (Wildman–Crippen MR) is 59.7 cm³/mol. The third-order valence-electron chi connectivity index (χ3n) is 2.55. The lowest BCUT2D eigenvalue weighted by Gasteiger charge is -2.05. The number of aromatic amines is 1. The van der Waals surface area contributed by atoms with Crippen molar-refractivity contribution in [2.45, 2.75) is 19.2 Å². The molecule has 1 atom stereocenters. The molecule has 3 nitrogen and oxygen atoms in total. The standard InChI is InChI=1S/C12H11F3N2O/c1-7(18)8-2-4-9(5-3-8)11-16-6-10(17-11)12(13,14)15/h2-7,18H,1H3,(H,16,17). The molecule has 0 saturated carbocycles. The number of aromatic nitrogens is 2. The van der Waals surface area contributed by atoms with Crippen LogP contribution in [0, 0.1) is 0 Å². The van der Waals surface area contributed by atoms with E-state index in [1.165, 1.54) is 0 Å². The number of benzene rings is 1. The van der Waals surface area contributed by atoms with Gasteiger partial charge in [-0.1, -0.05) is 24.3 Å². The molecule has 1 heterocycles. The Balaban J connectivity index is 2.29. The van der Waals surface area contributed by atoms with E-state index in [1.807, 2.05) is 0 Å². The Morgan fingerprint density at radius 3 is 2.28 bits per heavy atom. The Morgan fingerprint density at radius 1 is 1.22 bits per heavy atom. The number of H-pyrrole nitrogens is 1. The highest BCUT2D eigenvalue weighted by atomic mass is 19.4. The van der Waals surface area contributed by atoms with E-state index >= 15 is 0 Å². The van der Waals surface area contributed by atoms with Crippen molar-refractivity contribution in [3.05, 3.63) is 41.7 Å². The molecule has 0 aliphatic heterocycles. The fraction of sp³-hybridized carbons (Fsp3) is 0.250. The van der Waals surface area contributed by atoms with Gasteiger partial charge in [0.25, 0.3) is 0 Å². The number of hydrogen-bond acceptors (Lipinski definition) is 2. The van der Waals surface area contributed by atoms with Gasteiger partial charge in [-0.25, -0.2) is 4.98 Å². The lowest BCUT2D eigenvalue weighted by atomic mass is 10.1. The maximum atomic E-state index is 12.4. The largest absolute Gasteiger partial charge is 0.432 e. The van der Waals surface area contributed by atoms with Crippen LogP contribution in [-0.2, 0) is 6.18 Å². The molecule has 1 aromatic carbocycles. The fourth-order valence-corrected chi connectivity index (χ4v) is 1.53. The molecule has 96 valence electrons. The minimum absolute atomic E-state index is 0.152. The maximum Gasteiger partial charge on any atom is 0.432 e. The molecule has 1 unspecified atom stereocenters. The topological polar surface area (TPSA) is 48.9 Å². The molecule has 0 fully saturated rings. The van der Waals surface area contributed by atoms with Crippen LogP contribution in [0.25, 0.3) is 11.4 Å². The summed E-state index contributed by atoms with van der Waals surface area (Å²) in [5, 5.41) is 9.32. The van der Waals surface area contributed by atoms with E-state index < -0.39 is 18.0 Å². The predicted octanol–water partition coefficient (Wildman–Crippen LogP) is 3.15. The number of nitrogens with zero attached hydrogens (tertiary/aromatic N) is 1. The third-order valence-corrected chi connectivity index (χ3v) is 2.55. The van der Waals surface area contributed by atoms with E-state index in [0.717, 1.165) is 6.20 Å². The van der Waals surface area contributed by atoms with Crippen molar-refractivity contribution >= 4 is 0 Å². The number of nitrogens with one attached hydrogen (secondary N) is 1. The van der Waals surface area contributed by atoms with Crippen molar-refractivity contribution < 1.29 is 18.3 Å². The number of aliphatic hydroxyl groups is 1. The van der Waals surface area contributed by atoms with Gasteiger partial charge in [0, 0.05) is 5.56 Å². The van der Waals surface area contributed by atoms with Crippen LogP contribution in [0.2, 0.25) is 0 Å². The van der Waals surface area contributed by atoms with Crippen molar-refractivity contribution in [3.63, 3.8) is 0 Å². The molecule has 1 aromatic heterocycles. The summed E-state index contributed by atoms with van der Waals surface area (Å²) in [7, 11) is 0. The van der Waals surface area contributed by atoms with Gasteiger partial charge in [0.1, 0.15) is 11.5 Å². The van der Waals surface area contributed by atoms with Crippen molar-refractivity contribution in [1.29, 1.82) is 0 Å². The van der Waals surface area contributed by atoms with Gasteiger partial charge < -0.3 is 10.1 Å². The van der Waals surface area contributed by atoms with Crippen LogP contribution in [0.15, 0.2) is 30.5 Å². The quantitative estimate of drug-likeness (QED) is 0.867. The van der Waals surface area contributed by atoms with Gasteiger partial charge in [0.15, 0.2) is 0 Å². The van der Waals surface area contributed by atoms with Crippen LogP contribution in [-0.4, -0.2) is 15.1 Å². The van der Waals surface area contributed by atoms with E-state index in [9.17, 15) is 18.3 Å². The van der Waals surface area contributed by atoms with Crippen molar-refractivity contribution in [2.75, 3.05) is 0 Å². The molecule has 0 aliphatic rings. The van der Waals surface area contributed by atoms with E-state index in [4.69, 9.17) is 0 Å². The number of halogens is 3. The van der Waals surface area contributed by atoms with Crippen LogP contribution in [0.5, 0.6) is 0 Å². The molecule has 2 rings (SSSR count). The van der Waals surface area contributed by atoms with Crippen LogP contribution >= 0.6 is 0 Å². The van der Waals surface area contributed by atoms with Gasteiger partial charge in [-0.2, -0.15) is 13.2 Å². The minimum atomic E-state index is -4.43. The van der Waals surface area contributed by atoms with E-state index in [1.54, 1.807) is 31.2 Å². The summed E-state index contributed by atoms with van der Waals surface area (Å²) in [5.74, 6) is 0.152. The van der Waals surface area contributed by atoms with Crippen LogP contribution < -0.4 is 0 Å². The van der Waals surface area contributed by atoms with E-state index in [0.29, 0.717) is 11.1 Å². The highest BCUT2D eigenvalue weighted by Gasteiger charge is 2.33. The summed E-state index contributed by atoms with van der Waals surface area (Å²) in [6.07, 6.45) is -4.27. The monoisotopic (exact) mass is 256 g/mol. The first-order valence-corrected chi connectivity index (χ1v) is 5.28. The normalized spacial score (nSPS) is 13.6. The molecule has 2 N–H and O–H groups in total. The molecule has 0 spiro atoms. The van der Waals surface area contributed by atoms with Crippen LogP contribution in [0.4, 0.5) is 13.2 Å². The summed E-state index contributed by atoms with van der Waals surface area (Å²) in [5.41, 5.74) is 0.355. The molecule has 0 radical (unpaired) electrons. The van der Waals surface area contributed by atoms with Crippen LogP contribution in [0.1, 0.15) is 24.3 Å². The molecule has 18 heavy (non-hydrogen) atoms. The summed E-state index contributed by atoms with van der Waals surface area (Å²) in [6.45, 7) is 1.61. The molecule has 2 aromatic rings. The smallest absolute Gasteiger partial charge is 0.389 e. The molecule has 0 aliphatic carbocycles. The Kier molecular flexibility index (Phi) is 3.13. The average molecular weight is 256 g/mol. The first-order chi connectivity index (χ1) is 8.38. The number of rotatable bonds is 2. The SMILES string of the molecule is CC(O)c1ccc(-c2ncc(C(F)(F)F)[nH]2)cc1. The third kappa shape index (κ3) is 2.53. The highest BCUT2D eigenvalue weighted by Crippen LogP contribution is 2.29.